The van der Waals surface area contributed by atoms with Crippen molar-refractivity contribution in [2.45, 2.75) is 181 Å². The fraction of sp³-hybridized carbons (Fsp3) is 0.233. The van der Waals surface area contributed by atoms with Gasteiger partial charge in [0.1, 0.15) is 69.8 Å². The number of benzene rings is 12. The molecular formula is C129H122N8O12. The number of fused-ring (bicyclic) bond motifs is 15. The van der Waals surface area contributed by atoms with E-state index in [-0.39, 0.29) is 0 Å². The number of carbonyl (C=O) groups is 1. The van der Waals surface area contributed by atoms with E-state index in [0.29, 0.717) is 47.7 Å². The largest absolute Gasteiger partial charge is 0.491 e. The minimum atomic E-state index is -0.393. The molecule has 9 aliphatic rings. The van der Waals surface area contributed by atoms with E-state index in [1.165, 1.54) is 112 Å². The van der Waals surface area contributed by atoms with Gasteiger partial charge in [0.05, 0.1) is 93.6 Å². The second kappa shape index (κ2) is 41.2. The number of aryl methyl sites for hydroxylation is 22. The molecule has 0 radical (unpaired) electrons. The molecular weight excluding hydrogens is 1850 g/mol. The molecule has 0 N–H and O–H groups in total. The zero-order valence-corrected chi connectivity index (χ0v) is 87.2. The highest BCUT2D eigenvalue weighted by Gasteiger charge is 2.39. The normalized spacial score (nSPS) is 14.3. The van der Waals surface area contributed by atoms with Crippen molar-refractivity contribution < 1.29 is 55.0 Å². The van der Waals surface area contributed by atoms with Crippen molar-refractivity contribution in [3.8, 4) is 28.7 Å². The lowest BCUT2D eigenvalue weighted by Crippen LogP contribution is -2.18. The van der Waals surface area contributed by atoms with Crippen LogP contribution in [0.1, 0.15) is 176 Å². The van der Waals surface area contributed by atoms with Gasteiger partial charge < -0.3 is 50.2 Å². The number of rotatable bonds is 6. The lowest BCUT2D eigenvalue weighted by molar-refractivity contribution is 0.0738. The van der Waals surface area contributed by atoms with Crippen LogP contribution in [0.25, 0.3) is 12.2 Å². The van der Waals surface area contributed by atoms with Gasteiger partial charge in [-0.3, -0.25) is 29.4 Å². The molecule has 15 heterocycles. The van der Waals surface area contributed by atoms with Crippen LogP contribution in [0.5, 0.6) is 28.7 Å². The van der Waals surface area contributed by atoms with Crippen LogP contribution < -0.4 is 53.1 Å². The minimum absolute atomic E-state index is 0.393. The summed E-state index contributed by atoms with van der Waals surface area (Å²) in [7, 11) is 0. The van der Waals surface area contributed by atoms with Gasteiger partial charge in [0.2, 0.25) is 35.3 Å². The number of ether oxygens (including phenoxy) is 5. The number of azo groups is 1. The maximum atomic E-state index is 12.6. The molecule has 149 heavy (non-hydrogen) atoms. The zero-order chi connectivity index (χ0) is 103. The number of nitrogens with zero attached hydrogens (tertiary/aromatic N) is 8. The Hall–Kier alpha value is -16.9. The SMILES string of the molecule is Cc1cc(C)c(N2c3ccccc3C=Cc3cc(C)oc32)c(C)c1.Cc1cc(C)c(N2c3ccccc3CCc3cc(C)oc32)c(C)c1.Cc1cc(C)c(N2c3ccccc3N=Nc3cc(C)oc32)c(C)c1.Cc1cc2c(o1)N(c1cccc3c1OCCC3)c1ccccc1C(=O)O2.Cc1cc2c(o1)N(c1cccc3c1OCCC3)c1ccccc1CCC2.Cc1cc2c(o1)N(c1cccc3c1OCCC3)c1ccccc1CO2. The summed E-state index contributed by atoms with van der Waals surface area (Å²) in [4.78, 5) is 25.7. The molecule has 0 atom stereocenters. The Morgan fingerprint density at radius 2 is 0.591 bits per heavy atom. The second-order valence-corrected chi connectivity index (χ2v) is 40.0. The number of carbonyl (C=O) groups excluding carboxylic acids is 1. The number of hydrogen-bond donors (Lipinski definition) is 0. The van der Waals surface area contributed by atoms with Crippen LogP contribution >= 0.6 is 0 Å². The number of hydrogen-bond acceptors (Lipinski definition) is 20. The van der Waals surface area contributed by atoms with Gasteiger partial charge in [-0.1, -0.05) is 193 Å². The summed E-state index contributed by atoms with van der Waals surface area (Å²) >= 11 is 0. The summed E-state index contributed by atoms with van der Waals surface area (Å²) in [5.74, 6) is 13.5. The molecule has 0 saturated heterocycles. The lowest BCUT2D eigenvalue weighted by Gasteiger charge is -2.31. The molecule has 0 aliphatic carbocycles. The fourth-order valence-corrected chi connectivity index (χ4v) is 22.6. The Morgan fingerprint density at radius 3 is 1.15 bits per heavy atom. The number of anilines is 18. The molecule has 27 rings (SSSR count). The van der Waals surface area contributed by atoms with Gasteiger partial charge in [-0.25, -0.2) is 4.79 Å². The predicted octanol–water partition coefficient (Wildman–Crippen LogP) is 35.3. The first-order chi connectivity index (χ1) is 72.5. The quantitative estimate of drug-likeness (QED) is 0.143. The van der Waals surface area contributed by atoms with E-state index in [2.05, 4.69) is 297 Å². The minimum Gasteiger partial charge on any atom is -0.491 e. The van der Waals surface area contributed by atoms with Crippen LogP contribution in [-0.4, -0.2) is 25.8 Å². The molecule has 0 spiro atoms. The molecule has 0 saturated carbocycles. The third-order valence-electron chi connectivity index (χ3n) is 28.6. The Morgan fingerprint density at radius 1 is 0.242 bits per heavy atom. The van der Waals surface area contributed by atoms with Gasteiger partial charge in [0.25, 0.3) is 0 Å². The average Bonchev–Trinajstić information content (AvgIpc) is 1.56. The van der Waals surface area contributed by atoms with Gasteiger partial charge in [-0.15, -0.1) is 10.2 Å². The first-order valence-electron chi connectivity index (χ1n) is 51.8. The van der Waals surface area contributed by atoms with E-state index in [4.69, 9.17) is 50.2 Å². The summed E-state index contributed by atoms with van der Waals surface area (Å²) in [5.41, 5.74) is 38.7. The Bertz CT molecular complexity index is 7920. The second-order valence-electron chi connectivity index (χ2n) is 40.0. The maximum Gasteiger partial charge on any atom is 0.345 e. The highest BCUT2D eigenvalue weighted by molar-refractivity contribution is 6.03. The van der Waals surface area contributed by atoms with Crippen molar-refractivity contribution in [2.75, 3.05) is 49.2 Å². The Kier molecular flexibility index (Phi) is 26.8. The number of para-hydroxylation sites is 9. The summed E-state index contributed by atoms with van der Waals surface area (Å²) in [6.45, 7) is 33.9. The topological polar surface area (TPSA) is 186 Å². The Balaban J connectivity index is 0.000000101. The summed E-state index contributed by atoms with van der Waals surface area (Å²) in [6, 6.07) is 93.9. The van der Waals surface area contributed by atoms with Gasteiger partial charge in [0, 0.05) is 40.5 Å². The van der Waals surface area contributed by atoms with Crippen molar-refractivity contribution >= 4 is 133 Å². The fourth-order valence-electron chi connectivity index (χ4n) is 22.6. The molecule has 0 amide bonds. The molecule has 750 valence electrons. The maximum absolute atomic E-state index is 12.6. The van der Waals surface area contributed by atoms with E-state index >= 15 is 0 Å². The van der Waals surface area contributed by atoms with Crippen LogP contribution in [0.4, 0.5) is 115 Å². The smallest absolute Gasteiger partial charge is 0.345 e. The van der Waals surface area contributed by atoms with Crippen LogP contribution in [-0.2, 0) is 51.6 Å². The van der Waals surface area contributed by atoms with Crippen molar-refractivity contribution in [1.29, 1.82) is 0 Å². The predicted molar refractivity (Wildman–Crippen MR) is 595 cm³/mol. The van der Waals surface area contributed by atoms with Crippen molar-refractivity contribution in [3.63, 3.8) is 0 Å². The van der Waals surface area contributed by atoms with Crippen LogP contribution in [0.15, 0.2) is 310 Å². The molecule has 18 aromatic rings. The Labute approximate surface area is 870 Å². The highest BCUT2D eigenvalue weighted by atomic mass is 16.5. The van der Waals surface area contributed by atoms with Gasteiger partial charge >= 0.3 is 5.97 Å². The van der Waals surface area contributed by atoms with Gasteiger partial charge in [0.15, 0.2) is 11.5 Å². The average molecular weight is 1980 g/mol. The summed E-state index contributed by atoms with van der Waals surface area (Å²) < 4.78 is 66.3. The third-order valence-corrected chi connectivity index (χ3v) is 28.6. The van der Waals surface area contributed by atoms with Crippen molar-refractivity contribution in [1.82, 2.24) is 0 Å². The lowest BCUT2D eigenvalue weighted by atomic mass is 9.98. The van der Waals surface area contributed by atoms with E-state index in [0.717, 1.165) is 227 Å². The van der Waals surface area contributed by atoms with Gasteiger partial charge in [-0.05, 0) is 332 Å². The summed E-state index contributed by atoms with van der Waals surface area (Å²) in [6.07, 6.45) is 15.8. The molecule has 9 aliphatic heterocycles. The molecule has 0 fully saturated rings. The van der Waals surface area contributed by atoms with Crippen LogP contribution in [0.2, 0.25) is 0 Å². The van der Waals surface area contributed by atoms with Crippen LogP contribution in [0, 0.1) is 104 Å². The monoisotopic (exact) mass is 1970 g/mol. The van der Waals surface area contributed by atoms with Crippen molar-refractivity contribution in [2.24, 2.45) is 10.2 Å². The zero-order valence-electron chi connectivity index (χ0n) is 87.2. The first kappa shape index (κ1) is 96.9. The van der Waals surface area contributed by atoms with E-state index in [1.54, 1.807) is 12.1 Å². The molecule has 0 bridgehead atoms. The van der Waals surface area contributed by atoms with Crippen LogP contribution in [0.3, 0.4) is 0 Å². The van der Waals surface area contributed by atoms with E-state index in [1.807, 2.05) is 119 Å². The van der Waals surface area contributed by atoms with Gasteiger partial charge in [-0.2, -0.15) is 0 Å². The standard InChI is InChI=1S/C23H23NO2.C22H23NO.C22H21NO.C21H17NO4.C21H19NO3.C20H19N3O/c1-16-15-19-10-4-8-17-7-2-3-12-20(17)24(23(19)26-16)21-13-5-9-18-11-6-14-25-22(18)21;2*1-14-11-15(2)21(16(3)12-14)23-20-8-6-5-7-18(20)9-10-19-13-17(4)24-22(19)23;1-13-12-18-20(25-13)22(16-9-3-2-8-15(16)21(23)26-18)17-10-4-6-14-7-5-11-24-19(14)17;1-14-12-19-21(25-14)22(17-9-3-2-6-16(17)13-24-19)18-10-4-7-15-8-5-11-23-20(15)18;1-12-9-13(2)19(14(3)10-12)23-18-8-6-5-7-16(18)21-22-17-11-15(4)24-20(17)23/h2-3,5,7,9,12-13,15H,4,6,8,10-11,14H2,1H3;5-8,11-13H,9-10H2,1-4H3;5-13H,1-4H3;2-4,6,8-10,12H,5,7,11H2,1H3;2-4,6-7,9-10,12H,5,8,11,13H2,1H3;5-11H,1-4H3. The summed E-state index contributed by atoms with van der Waals surface area (Å²) in [5, 5.41) is 8.81. The highest BCUT2D eigenvalue weighted by Crippen LogP contribution is 2.57. The third kappa shape index (κ3) is 19.1. The molecule has 20 nitrogen and oxygen atoms in total. The molecule has 20 heteroatoms. The number of esters is 1. The molecule has 0 unspecified atom stereocenters. The first-order valence-corrected chi connectivity index (χ1v) is 51.8. The number of furan rings is 6. The van der Waals surface area contributed by atoms with E-state index < -0.39 is 5.97 Å². The van der Waals surface area contributed by atoms with Crippen molar-refractivity contribution in [3.05, 3.63) is 419 Å². The molecule has 12 aromatic carbocycles. The van der Waals surface area contributed by atoms with E-state index in [9.17, 15) is 4.79 Å². The molecule has 6 aromatic heterocycles.